The van der Waals surface area contributed by atoms with Gasteiger partial charge in [-0.05, 0) is 18.1 Å². The topological polar surface area (TPSA) is 90.7 Å². The number of aliphatic hydroxyl groups is 1. The number of aryl methyl sites for hydroxylation is 1. The molecule has 0 bridgehead atoms. The van der Waals surface area contributed by atoms with Crippen LogP contribution < -0.4 is 19.5 Å². The second-order valence-corrected chi connectivity index (χ2v) is 6.34. The first kappa shape index (κ1) is 19.8. The van der Waals surface area contributed by atoms with E-state index in [4.69, 9.17) is 25.8 Å². The summed E-state index contributed by atoms with van der Waals surface area (Å²) in [6, 6.07) is 3.51. The Balaban J connectivity index is 1.97. The van der Waals surface area contributed by atoms with Gasteiger partial charge in [-0.2, -0.15) is 4.98 Å². The van der Waals surface area contributed by atoms with Crippen LogP contribution in [-0.2, 0) is 6.61 Å². The van der Waals surface area contributed by atoms with E-state index in [1.54, 1.807) is 44.2 Å². The Labute approximate surface area is 167 Å². The van der Waals surface area contributed by atoms with E-state index < -0.39 is 0 Å². The molecular formula is C19H21ClN4O4. The number of rotatable bonds is 7. The predicted molar refractivity (Wildman–Crippen MR) is 106 cm³/mol. The summed E-state index contributed by atoms with van der Waals surface area (Å²) in [5, 5.41) is 12.9. The van der Waals surface area contributed by atoms with Crippen LogP contribution in [-0.4, -0.2) is 41.0 Å². The Morgan fingerprint density at radius 3 is 2.32 bits per heavy atom. The highest BCUT2D eigenvalue weighted by molar-refractivity contribution is 6.32. The Kier molecular flexibility index (Phi) is 5.91. The van der Waals surface area contributed by atoms with Gasteiger partial charge >= 0.3 is 0 Å². The van der Waals surface area contributed by atoms with Gasteiger partial charge in [-0.3, -0.25) is 0 Å². The molecule has 3 aromatic rings. The van der Waals surface area contributed by atoms with Gasteiger partial charge in [-0.1, -0.05) is 11.6 Å². The number of benzene rings is 1. The molecule has 3 rings (SSSR count). The van der Waals surface area contributed by atoms with E-state index in [1.807, 2.05) is 13.1 Å². The molecule has 0 aliphatic rings. The highest BCUT2D eigenvalue weighted by Gasteiger charge is 2.15. The number of hydrogen-bond donors (Lipinski definition) is 2. The van der Waals surface area contributed by atoms with Crippen molar-refractivity contribution in [3.05, 3.63) is 46.9 Å². The number of methoxy groups -OCH3 is 3. The predicted octanol–water partition coefficient (Wildman–Crippen LogP) is 3.49. The molecule has 0 fully saturated rings. The van der Waals surface area contributed by atoms with Gasteiger partial charge in [-0.25, -0.2) is 4.98 Å². The van der Waals surface area contributed by atoms with Crippen LogP contribution >= 0.6 is 11.6 Å². The van der Waals surface area contributed by atoms with Crippen LogP contribution in [0.1, 0.15) is 11.1 Å². The summed E-state index contributed by atoms with van der Waals surface area (Å²) >= 11 is 6.28. The SMILES string of the molecule is COc1cc(Nc2ncc(Cl)c(-n3cc(C)c(CO)c3)n2)cc(OC)c1OC. The Hall–Kier alpha value is -2.97. The van der Waals surface area contributed by atoms with Crippen molar-refractivity contribution in [1.29, 1.82) is 0 Å². The zero-order chi connectivity index (χ0) is 20.3. The third kappa shape index (κ3) is 3.83. The van der Waals surface area contributed by atoms with Crippen molar-refractivity contribution in [1.82, 2.24) is 14.5 Å². The lowest BCUT2D eigenvalue weighted by Gasteiger charge is -2.15. The van der Waals surface area contributed by atoms with Gasteiger partial charge in [0.15, 0.2) is 17.3 Å². The van der Waals surface area contributed by atoms with Crippen LogP contribution in [0.3, 0.4) is 0 Å². The summed E-state index contributed by atoms with van der Waals surface area (Å²) in [5.41, 5.74) is 2.40. The van der Waals surface area contributed by atoms with Crippen molar-refractivity contribution in [2.75, 3.05) is 26.6 Å². The number of aromatic nitrogens is 3. The maximum Gasteiger partial charge on any atom is 0.229 e. The number of halogens is 1. The smallest absolute Gasteiger partial charge is 0.229 e. The van der Waals surface area contributed by atoms with E-state index in [1.165, 1.54) is 6.20 Å². The molecule has 0 radical (unpaired) electrons. The van der Waals surface area contributed by atoms with E-state index in [9.17, 15) is 5.11 Å². The molecule has 2 N–H and O–H groups in total. The maximum absolute atomic E-state index is 9.41. The van der Waals surface area contributed by atoms with Gasteiger partial charge in [0.2, 0.25) is 11.7 Å². The molecule has 0 saturated heterocycles. The lowest BCUT2D eigenvalue weighted by Crippen LogP contribution is -2.03. The molecule has 2 aromatic heterocycles. The molecule has 148 valence electrons. The number of aliphatic hydroxyl groups excluding tert-OH is 1. The molecule has 8 nitrogen and oxygen atoms in total. The van der Waals surface area contributed by atoms with E-state index in [0.717, 1.165) is 11.1 Å². The van der Waals surface area contributed by atoms with Crippen LogP contribution in [0.4, 0.5) is 11.6 Å². The fourth-order valence-corrected chi connectivity index (χ4v) is 2.96. The van der Waals surface area contributed by atoms with Crippen LogP contribution in [0.15, 0.2) is 30.7 Å². The summed E-state index contributed by atoms with van der Waals surface area (Å²) in [4.78, 5) is 8.73. The van der Waals surface area contributed by atoms with Gasteiger partial charge in [0.25, 0.3) is 0 Å². The molecule has 1 aromatic carbocycles. The molecule has 0 unspecified atom stereocenters. The van der Waals surface area contributed by atoms with Crippen LogP contribution in [0.2, 0.25) is 5.02 Å². The summed E-state index contributed by atoms with van der Waals surface area (Å²) < 4.78 is 17.8. The average molecular weight is 405 g/mol. The molecule has 0 aliphatic carbocycles. The second-order valence-electron chi connectivity index (χ2n) is 5.94. The fraction of sp³-hybridized carbons (Fsp3) is 0.263. The largest absolute Gasteiger partial charge is 0.493 e. The molecule has 28 heavy (non-hydrogen) atoms. The first-order valence-electron chi connectivity index (χ1n) is 8.39. The monoisotopic (exact) mass is 404 g/mol. The van der Waals surface area contributed by atoms with Gasteiger partial charge < -0.3 is 29.2 Å². The van der Waals surface area contributed by atoms with E-state index in [0.29, 0.717) is 39.7 Å². The van der Waals surface area contributed by atoms with Gasteiger partial charge in [0.05, 0.1) is 34.1 Å². The zero-order valence-electron chi connectivity index (χ0n) is 16.0. The van der Waals surface area contributed by atoms with Crippen LogP contribution in [0.5, 0.6) is 17.2 Å². The lowest BCUT2D eigenvalue weighted by atomic mass is 10.2. The summed E-state index contributed by atoms with van der Waals surface area (Å²) in [6.45, 7) is 1.85. The number of ether oxygens (including phenoxy) is 3. The minimum Gasteiger partial charge on any atom is -0.493 e. The van der Waals surface area contributed by atoms with Gasteiger partial charge in [-0.15, -0.1) is 0 Å². The van der Waals surface area contributed by atoms with Crippen molar-refractivity contribution < 1.29 is 19.3 Å². The molecule has 0 saturated carbocycles. The molecular weight excluding hydrogens is 384 g/mol. The summed E-state index contributed by atoms with van der Waals surface area (Å²) in [6.07, 6.45) is 5.15. The van der Waals surface area contributed by atoms with Crippen molar-refractivity contribution in [2.24, 2.45) is 0 Å². The number of nitrogens with zero attached hydrogens (tertiary/aromatic N) is 3. The normalized spacial score (nSPS) is 10.6. The molecule has 2 heterocycles. The minimum absolute atomic E-state index is 0.0575. The van der Waals surface area contributed by atoms with Crippen molar-refractivity contribution >= 4 is 23.2 Å². The van der Waals surface area contributed by atoms with Crippen molar-refractivity contribution in [3.63, 3.8) is 0 Å². The third-order valence-electron chi connectivity index (χ3n) is 4.20. The number of anilines is 2. The van der Waals surface area contributed by atoms with E-state index in [-0.39, 0.29) is 6.61 Å². The van der Waals surface area contributed by atoms with Crippen molar-refractivity contribution in [3.8, 4) is 23.1 Å². The maximum atomic E-state index is 9.41. The summed E-state index contributed by atoms with van der Waals surface area (Å²) in [7, 11) is 4.64. The molecule has 0 amide bonds. The quantitative estimate of drug-likeness (QED) is 0.622. The standard InChI is InChI=1S/C19H21ClN4O4/c1-11-8-24(9-12(11)10-25)18-14(20)7-21-19(23-18)22-13-5-15(26-2)17(28-4)16(6-13)27-3/h5-9,25H,10H2,1-4H3,(H,21,22,23). The highest BCUT2D eigenvalue weighted by atomic mass is 35.5. The van der Waals surface area contributed by atoms with E-state index in [2.05, 4.69) is 15.3 Å². The molecule has 0 spiro atoms. The van der Waals surface area contributed by atoms with Crippen molar-refractivity contribution in [2.45, 2.75) is 13.5 Å². The summed E-state index contributed by atoms with van der Waals surface area (Å²) in [5.74, 6) is 2.34. The fourth-order valence-electron chi connectivity index (χ4n) is 2.77. The van der Waals surface area contributed by atoms with E-state index >= 15 is 0 Å². The second kappa shape index (κ2) is 8.37. The average Bonchev–Trinajstić information content (AvgIpc) is 3.09. The Bertz CT molecular complexity index is 965. The first-order chi connectivity index (χ1) is 13.5. The molecule has 0 atom stereocenters. The Morgan fingerprint density at radius 2 is 1.79 bits per heavy atom. The van der Waals surface area contributed by atoms with Crippen LogP contribution in [0.25, 0.3) is 5.82 Å². The molecule has 9 heteroatoms. The zero-order valence-corrected chi connectivity index (χ0v) is 16.7. The lowest BCUT2D eigenvalue weighted by molar-refractivity contribution is 0.281. The van der Waals surface area contributed by atoms with Crippen LogP contribution in [0, 0.1) is 6.92 Å². The Morgan fingerprint density at radius 1 is 1.11 bits per heavy atom. The first-order valence-corrected chi connectivity index (χ1v) is 8.76. The number of hydrogen-bond acceptors (Lipinski definition) is 7. The third-order valence-corrected chi connectivity index (χ3v) is 4.46. The number of nitrogens with one attached hydrogen (secondary N) is 1. The highest BCUT2D eigenvalue weighted by Crippen LogP contribution is 2.40. The minimum atomic E-state index is -0.0575. The molecule has 0 aliphatic heterocycles. The van der Waals surface area contributed by atoms with Gasteiger partial charge in [0, 0.05) is 30.2 Å². The van der Waals surface area contributed by atoms with Gasteiger partial charge in [0.1, 0.15) is 5.02 Å².